The van der Waals surface area contributed by atoms with Crippen molar-refractivity contribution < 1.29 is 19.1 Å². The summed E-state index contributed by atoms with van der Waals surface area (Å²) in [5.41, 5.74) is 2.09. The molecule has 4 nitrogen and oxygen atoms in total. The maximum absolute atomic E-state index is 11.8. The van der Waals surface area contributed by atoms with E-state index in [-0.39, 0.29) is 17.9 Å². The fourth-order valence-corrected chi connectivity index (χ4v) is 3.64. The van der Waals surface area contributed by atoms with Crippen LogP contribution in [0.5, 0.6) is 0 Å². The van der Waals surface area contributed by atoms with Gasteiger partial charge in [-0.1, -0.05) is 12.2 Å². The average molecular weight is 262 g/mol. The predicted octanol–water partition coefficient (Wildman–Crippen LogP) is 2.29. The number of rotatable bonds is 0. The quantitative estimate of drug-likeness (QED) is 0.382. The maximum Gasteiger partial charge on any atom is 0.334 e. The van der Waals surface area contributed by atoms with Gasteiger partial charge in [-0.15, -0.1) is 0 Å². The third kappa shape index (κ3) is 1.66. The van der Waals surface area contributed by atoms with Crippen molar-refractivity contribution >= 4 is 11.9 Å². The highest BCUT2D eigenvalue weighted by atomic mass is 16.6. The molecule has 0 aromatic rings. The lowest BCUT2D eigenvalue weighted by Crippen LogP contribution is -2.50. The Hall–Kier alpha value is -1.58. The Morgan fingerprint density at radius 3 is 2.74 bits per heavy atom. The zero-order chi connectivity index (χ0) is 13.8. The van der Waals surface area contributed by atoms with Gasteiger partial charge in [-0.25, -0.2) is 4.79 Å². The van der Waals surface area contributed by atoms with Crippen LogP contribution >= 0.6 is 0 Å². The number of hydrogen-bond acceptors (Lipinski definition) is 4. The van der Waals surface area contributed by atoms with Crippen LogP contribution in [0.1, 0.15) is 39.5 Å². The molecule has 0 amide bonds. The lowest BCUT2D eigenvalue weighted by Gasteiger charge is -2.40. The van der Waals surface area contributed by atoms with Crippen molar-refractivity contribution in [2.24, 2.45) is 5.92 Å². The van der Waals surface area contributed by atoms with Crippen molar-refractivity contribution in [2.75, 3.05) is 0 Å². The fraction of sp³-hybridized carbons (Fsp3) is 0.600. The van der Waals surface area contributed by atoms with Gasteiger partial charge in [0.15, 0.2) is 11.7 Å². The standard InChI is InChI=1S/C15H18O4/c1-8-4-5-10-9(2)14(17)18-13(10)15(3)11(8)6-7-12(16)19-15/h10,13H,2,4-7H2,1,3H3/t10-,13+,15-/m1/s1. The summed E-state index contributed by atoms with van der Waals surface area (Å²) < 4.78 is 11.1. The number of carbonyl (C=O) groups is 2. The third-order valence-electron chi connectivity index (χ3n) is 4.70. The molecule has 0 N–H and O–H groups in total. The molecule has 2 saturated heterocycles. The van der Waals surface area contributed by atoms with Gasteiger partial charge in [0.1, 0.15) is 0 Å². The molecule has 19 heavy (non-hydrogen) atoms. The summed E-state index contributed by atoms with van der Waals surface area (Å²) in [7, 11) is 0. The summed E-state index contributed by atoms with van der Waals surface area (Å²) in [6.07, 6.45) is 2.43. The van der Waals surface area contributed by atoms with Gasteiger partial charge in [0.2, 0.25) is 0 Å². The van der Waals surface area contributed by atoms with Crippen LogP contribution in [0.15, 0.2) is 23.3 Å². The van der Waals surface area contributed by atoms with Gasteiger partial charge in [0, 0.05) is 17.9 Å². The molecule has 0 bridgehead atoms. The van der Waals surface area contributed by atoms with Gasteiger partial charge >= 0.3 is 11.9 Å². The molecule has 2 heterocycles. The van der Waals surface area contributed by atoms with Gasteiger partial charge in [-0.2, -0.15) is 0 Å². The molecule has 3 aliphatic rings. The molecular formula is C15H18O4. The Labute approximate surface area is 112 Å². The number of ether oxygens (including phenoxy) is 2. The van der Waals surface area contributed by atoms with Crippen LogP contribution in [0.3, 0.4) is 0 Å². The van der Waals surface area contributed by atoms with Crippen molar-refractivity contribution in [3.05, 3.63) is 23.3 Å². The van der Waals surface area contributed by atoms with E-state index in [1.54, 1.807) is 0 Å². The first-order valence-electron chi connectivity index (χ1n) is 6.74. The second kappa shape index (κ2) is 3.95. The number of fused-ring (bicyclic) bond motifs is 3. The Balaban J connectivity index is 2.09. The zero-order valence-electron chi connectivity index (χ0n) is 11.3. The lowest BCUT2D eigenvalue weighted by atomic mass is 9.79. The summed E-state index contributed by atoms with van der Waals surface area (Å²) in [6.45, 7) is 7.79. The smallest absolute Gasteiger partial charge is 0.334 e. The van der Waals surface area contributed by atoms with Gasteiger partial charge in [-0.05, 0) is 38.7 Å². The van der Waals surface area contributed by atoms with Crippen LogP contribution < -0.4 is 0 Å². The van der Waals surface area contributed by atoms with E-state index in [2.05, 4.69) is 13.5 Å². The van der Waals surface area contributed by atoms with E-state index in [1.165, 1.54) is 5.57 Å². The Morgan fingerprint density at radius 2 is 2.00 bits per heavy atom. The van der Waals surface area contributed by atoms with E-state index < -0.39 is 11.7 Å². The van der Waals surface area contributed by atoms with Crippen molar-refractivity contribution in [1.29, 1.82) is 0 Å². The van der Waals surface area contributed by atoms with E-state index >= 15 is 0 Å². The van der Waals surface area contributed by atoms with Gasteiger partial charge in [0.05, 0.1) is 0 Å². The molecule has 0 spiro atoms. The van der Waals surface area contributed by atoms with Crippen molar-refractivity contribution in [1.82, 2.24) is 0 Å². The Morgan fingerprint density at radius 1 is 1.26 bits per heavy atom. The molecule has 2 fully saturated rings. The number of esters is 2. The molecule has 3 atom stereocenters. The molecule has 1 aliphatic carbocycles. The SMILES string of the molecule is C=C1C(=O)O[C@H]2[C@@H]1CCC(C)=C1CCC(=O)O[C@]12C. The highest BCUT2D eigenvalue weighted by Gasteiger charge is 2.56. The second-order valence-corrected chi connectivity index (χ2v) is 5.84. The minimum absolute atomic E-state index is 0.0455. The highest BCUT2D eigenvalue weighted by molar-refractivity contribution is 5.91. The minimum atomic E-state index is -0.810. The van der Waals surface area contributed by atoms with Gasteiger partial charge < -0.3 is 9.47 Å². The Kier molecular flexibility index (Phi) is 2.59. The van der Waals surface area contributed by atoms with Crippen molar-refractivity contribution in [3.8, 4) is 0 Å². The summed E-state index contributed by atoms with van der Waals surface area (Å²) in [5.74, 6) is -0.610. The predicted molar refractivity (Wildman–Crippen MR) is 68.2 cm³/mol. The number of carbonyl (C=O) groups excluding carboxylic acids is 2. The van der Waals surface area contributed by atoms with E-state index in [0.717, 1.165) is 18.4 Å². The van der Waals surface area contributed by atoms with E-state index in [9.17, 15) is 9.59 Å². The molecule has 0 aromatic carbocycles. The first-order valence-corrected chi connectivity index (χ1v) is 6.74. The van der Waals surface area contributed by atoms with Crippen LogP contribution in [0.25, 0.3) is 0 Å². The average Bonchev–Trinajstić information content (AvgIpc) is 2.58. The fourth-order valence-electron chi connectivity index (χ4n) is 3.64. The molecule has 0 radical (unpaired) electrons. The zero-order valence-corrected chi connectivity index (χ0v) is 11.3. The number of allylic oxidation sites excluding steroid dienone is 1. The molecule has 3 rings (SSSR count). The highest BCUT2D eigenvalue weighted by Crippen LogP contribution is 2.48. The van der Waals surface area contributed by atoms with E-state index in [4.69, 9.17) is 9.47 Å². The maximum atomic E-state index is 11.8. The first-order chi connectivity index (χ1) is 8.93. The second-order valence-electron chi connectivity index (χ2n) is 5.84. The van der Waals surface area contributed by atoms with Crippen molar-refractivity contribution in [3.63, 3.8) is 0 Å². The summed E-state index contributed by atoms with van der Waals surface area (Å²) in [5, 5.41) is 0. The van der Waals surface area contributed by atoms with Crippen LogP contribution in [0.4, 0.5) is 0 Å². The van der Waals surface area contributed by atoms with Gasteiger partial charge in [0.25, 0.3) is 0 Å². The molecule has 102 valence electrons. The van der Waals surface area contributed by atoms with Crippen LogP contribution in [0.2, 0.25) is 0 Å². The van der Waals surface area contributed by atoms with Crippen LogP contribution in [-0.4, -0.2) is 23.6 Å². The topological polar surface area (TPSA) is 52.6 Å². The largest absolute Gasteiger partial charge is 0.454 e. The normalized spacial score (nSPS) is 38.3. The monoisotopic (exact) mass is 262 g/mol. The molecule has 4 heteroatoms. The van der Waals surface area contributed by atoms with Crippen LogP contribution in [-0.2, 0) is 19.1 Å². The molecule has 0 saturated carbocycles. The Bertz CT molecular complexity index is 516. The van der Waals surface area contributed by atoms with Crippen LogP contribution in [0, 0.1) is 5.92 Å². The third-order valence-corrected chi connectivity index (χ3v) is 4.70. The van der Waals surface area contributed by atoms with Crippen molar-refractivity contribution in [2.45, 2.75) is 51.2 Å². The lowest BCUT2D eigenvalue weighted by molar-refractivity contribution is -0.177. The van der Waals surface area contributed by atoms with E-state index in [1.807, 2.05) is 6.92 Å². The minimum Gasteiger partial charge on any atom is -0.454 e. The summed E-state index contributed by atoms with van der Waals surface area (Å²) in [4.78, 5) is 23.4. The van der Waals surface area contributed by atoms with Gasteiger partial charge in [-0.3, -0.25) is 4.79 Å². The van der Waals surface area contributed by atoms with E-state index in [0.29, 0.717) is 18.4 Å². The summed E-state index contributed by atoms with van der Waals surface area (Å²) in [6, 6.07) is 0. The molecule has 0 aromatic heterocycles. The number of hydrogen-bond donors (Lipinski definition) is 0. The summed E-state index contributed by atoms with van der Waals surface area (Å²) >= 11 is 0. The first kappa shape index (κ1) is 12.5. The molecule has 2 aliphatic heterocycles. The molecular weight excluding hydrogens is 244 g/mol. The molecule has 0 unspecified atom stereocenters.